The molecule has 0 radical (unpaired) electrons. The van der Waals surface area contributed by atoms with Crippen molar-refractivity contribution in [3.63, 3.8) is 0 Å². The Morgan fingerprint density at radius 2 is 1.92 bits per heavy atom. The number of carbonyl (C=O) groups excluding carboxylic acids is 2. The Kier molecular flexibility index (Phi) is 7.34. The monoisotopic (exact) mass is 362 g/mol. The predicted octanol–water partition coefficient (Wildman–Crippen LogP) is 4.03. The van der Waals surface area contributed by atoms with Crippen LogP contribution < -0.4 is 10.6 Å². The van der Waals surface area contributed by atoms with Crippen molar-refractivity contribution in [2.75, 3.05) is 12.3 Å². The Labute approximate surface area is 151 Å². The van der Waals surface area contributed by atoms with Crippen molar-refractivity contribution in [3.8, 4) is 0 Å². The molecule has 0 saturated carbocycles. The number of benzene rings is 1. The van der Waals surface area contributed by atoms with Gasteiger partial charge in [-0.3, -0.25) is 10.1 Å². The molecule has 4 nitrogen and oxygen atoms in total. The van der Waals surface area contributed by atoms with Gasteiger partial charge in [0.2, 0.25) is 5.91 Å². The highest BCUT2D eigenvalue weighted by molar-refractivity contribution is 8.00. The van der Waals surface area contributed by atoms with E-state index in [-0.39, 0.29) is 11.7 Å². The zero-order valence-electron chi connectivity index (χ0n) is 13.9. The summed E-state index contributed by atoms with van der Waals surface area (Å²) >= 11 is 3.08. The minimum Gasteiger partial charge on any atom is -0.337 e. The van der Waals surface area contributed by atoms with Crippen LogP contribution in [0.2, 0.25) is 0 Å². The zero-order valence-corrected chi connectivity index (χ0v) is 15.5. The van der Waals surface area contributed by atoms with E-state index in [0.717, 1.165) is 11.3 Å². The Morgan fingerprint density at radius 1 is 1.17 bits per heavy atom. The fourth-order valence-corrected chi connectivity index (χ4v) is 3.47. The van der Waals surface area contributed by atoms with Crippen LogP contribution in [0.1, 0.15) is 30.2 Å². The van der Waals surface area contributed by atoms with Gasteiger partial charge >= 0.3 is 6.03 Å². The lowest BCUT2D eigenvalue weighted by atomic mass is 10.0. The lowest BCUT2D eigenvalue weighted by molar-refractivity contribution is -0.117. The maximum atomic E-state index is 11.8. The Bertz CT molecular complexity index is 652. The zero-order chi connectivity index (χ0) is 17.4. The number of hydrogen-bond donors (Lipinski definition) is 2. The van der Waals surface area contributed by atoms with Crippen LogP contribution in [0.15, 0.2) is 46.7 Å². The van der Waals surface area contributed by atoms with E-state index in [4.69, 9.17) is 0 Å². The van der Waals surface area contributed by atoms with Gasteiger partial charge in [-0.25, -0.2) is 4.79 Å². The molecule has 128 valence electrons. The third-order valence-corrected chi connectivity index (χ3v) is 5.35. The van der Waals surface area contributed by atoms with E-state index in [1.165, 1.54) is 22.2 Å². The molecule has 0 unspecified atom stereocenters. The van der Waals surface area contributed by atoms with E-state index in [1.54, 1.807) is 11.3 Å². The van der Waals surface area contributed by atoms with E-state index >= 15 is 0 Å². The SMILES string of the molecule is CC(C)c1ccc(SCC(=O)NC(=O)NCCc2cccs2)cc1. The number of thiophene rings is 1. The van der Waals surface area contributed by atoms with Gasteiger partial charge in [-0.05, 0) is 41.5 Å². The second kappa shape index (κ2) is 9.49. The Balaban J connectivity index is 1.65. The van der Waals surface area contributed by atoms with Crippen molar-refractivity contribution < 1.29 is 9.59 Å². The first kappa shape index (κ1) is 18.5. The number of amides is 3. The lowest BCUT2D eigenvalue weighted by Crippen LogP contribution is -2.41. The summed E-state index contributed by atoms with van der Waals surface area (Å²) in [7, 11) is 0. The topological polar surface area (TPSA) is 58.2 Å². The van der Waals surface area contributed by atoms with Crippen LogP contribution in [0, 0.1) is 0 Å². The first-order valence-electron chi connectivity index (χ1n) is 7.87. The molecule has 3 amide bonds. The largest absolute Gasteiger partial charge is 0.337 e. The molecular formula is C18H22N2O2S2. The summed E-state index contributed by atoms with van der Waals surface area (Å²) in [6, 6.07) is 11.7. The highest BCUT2D eigenvalue weighted by Crippen LogP contribution is 2.21. The fourth-order valence-electron chi connectivity index (χ4n) is 2.06. The molecule has 0 fully saturated rings. The molecule has 0 bridgehead atoms. The average molecular weight is 363 g/mol. The van der Waals surface area contributed by atoms with Crippen molar-refractivity contribution in [2.24, 2.45) is 0 Å². The number of imide groups is 1. The minimum absolute atomic E-state index is 0.222. The summed E-state index contributed by atoms with van der Waals surface area (Å²) in [5.74, 6) is 0.422. The van der Waals surface area contributed by atoms with Crippen LogP contribution in [-0.4, -0.2) is 24.2 Å². The molecule has 2 rings (SSSR count). The second-order valence-electron chi connectivity index (χ2n) is 5.65. The van der Waals surface area contributed by atoms with Gasteiger partial charge in [0.25, 0.3) is 0 Å². The Morgan fingerprint density at radius 3 is 2.54 bits per heavy atom. The lowest BCUT2D eigenvalue weighted by Gasteiger charge is -2.08. The van der Waals surface area contributed by atoms with E-state index in [1.807, 2.05) is 29.6 Å². The van der Waals surface area contributed by atoms with E-state index in [2.05, 4.69) is 36.6 Å². The molecule has 0 spiro atoms. The maximum Gasteiger partial charge on any atom is 0.321 e. The molecule has 0 aliphatic rings. The van der Waals surface area contributed by atoms with Crippen LogP contribution in [0.5, 0.6) is 0 Å². The van der Waals surface area contributed by atoms with Gasteiger partial charge in [0.05, 0.1) is 5.75 Å². The molecule has 0 aliphatic heterocycles. The molecule has 1 aromatic carbocycles. The molecule has 24 heavy (non-hydrogen) atoms. The van der Waals surface area contributed by atoms with Crippen molar-refractivity contribution >= 4 is 35.0 Å². The van der Waals surface area contributed by atoms with Crippen LogP contribution in [0.25, 0.3) is 0 Å². The molecular weight excluding hydrogens is 340 g/mol. The maximum absolute atomic E-state index is 11.8. The minimum atomic E-state index is -0.438. The summed E-state index contributed by atoms with van der Waals surface area (Å²) in [5, 5.41) is 7.05. The third-order valence-electron chi connectivity index (χ3n) is 3.41. The Hall–Kier alpha value is -1.79. The van der Waals surface area contributed by atoms with Crippen LogP contribution in [0.4, 0.5) is 4.79 Å². The van der Waals surface area contributed by atoms with Crippen LogP contribution >= 0.6 is 23.1 Å². The third kappa shape index (κ3) is 6.37. The number of urea groups is 1. The van der Waals surface area contributed by atoms with Crippen molar-refractivity contribution in [1.82, 2.24) is 10.6 Å². The molecule has 0 aliphatic carbocycles. The molecule has 2 aromatic rings. The van der Waals surface area contributed by atoms with Gasteiger partial charge in [-0.2, -0.15) is 0 Å². The van der Waals surface area contributed by atoms with Crippen LogP contribution in [0.3, 0.4) is 0 Å². The number of rotatable bonds is 7. The molecule has 1 aromatic heterocycles. The van der Waals surface area contributed by atoms with Gasteiger partial charge in [0.15, 0.2) is 0 Å². The van der Waals surface area contributed by atoms with Crippen molar-refractivity contribution in [2.45, 2.75) is 31.1 Å². The van der Waals surface area contributed by atoms with Gasteiger partial charge in [0.1, 0.15) is 0 Å². The molecule has 0 atom stereocenters. The summed E-state index contributed by atoms with van der Waals surface area (Å²) in [5.41, 5.74) is 1.27. The van der Waals surface area contributed by atoms with Gasteiger partial charge in [-0.1, -0.05) is 32.0 Å². The predicted molar refractivity (Wildman–Crippen MR) is 101 cm³/mol. The summed E-state index contributed by atoms with van der Waals surface area (Å²) in [6.45, 7) is 4.81. The first-order valence-corrected chi connectivity index (χ1v) is 9.74. The normalized spacial score (nSPS) is 10.6. The summed E-state index contributed by atoms with van der Waals surface area (Å²) < 4.78 is 0. The summed E-state index contributed by atoms with van der Waals surface area (Å²) in [4.78, 5) is 25.7. The van der Waals surface area contributed by atoms with Gasteiger partial charge in [-0.15, -0.1) is 23.1 Å². The number of hydrogen-bond acceptors (Lipinski definition) is 4. The molecule has 1 heterocycles. The number of nitrogens with one attached hydrogen (secondary N) is 2. The smallest absolute Gasteiger partial charge is 0.321 e. The van der Waals surface area contributed by atoms with Gasteiger partial charge < -0.3 is 5.32 Å². The van der Waals surface area contributed by atoms with Crippen molar-refractivity contribution in [3.05, 3.63) is 52.2 Å². The molecule has 2 N–H and O–H groups in total. The highest BCUT2D eigenvalue weighted by Gasteiger charge is 2.08. The number of thioether (sulfide) groups is 1. The number of carbonyl (C=O) groups is 2. The van der Waals surface area contributed by atoms with Gasteiger partial charge in [0, 0.05) is 16.3 Å². The van der Waals surface area contributed by atoms with Crippen molar-refractivity contribution in [1.29, 1.82) is 0 Å². The fraction of sp³-hybridized carbons (Fsp3) is 0.333. The average Bonchev–Trinajstić information content (AvgIpc) is 3.06. The molecule has 6 heteroatoms. The second-order valence-corrected chi connectivity index (χ2v) is 7.73. The van der Waals surface area contributed by atoms with E-state index < -0.39 is 6.03 Å². The standard InChI is InChI=1S/C18H22N2O2S2/c1-13(2)14-5-7-16(8-6-14)24-12-17(21)20-18(22)19-10-9-15-4-3-11-23-15/h3-8,11,13H,9-10,12H2,1-2H3,(H2,19,20,21,22). The highest BCUT2D eigenvalue weighted by atomic mass is 32.2. The summed E-state index contributed by atoms with van der Waals surface area (Å²) in [6.07, 6.45) is 0.774. The molecule has 0 saturated heterocycles. The quantitative estimate of drug-likeness (QED) is 0.731. The first-order chi connectivity index (χ1) is 11.5. The van der Waals surface area contributed by atoms with E-state index in [0.29, 0.717) is 12.5 Å². The van der Waals surface area contributed by atoms with E-state index in [9.17, 15) is 9.59 Å². The van der Waals surface area contributed by atoms with Crippen LogP contribution in [-0.2, 0) is 11.2 Å².